The Morgan fingerprint density at radius 2 is 2.16 bits per heavy atom. The molecule has 2 atom stereocenters. The van der Waals surface area contributed by atoms with E-state index >= 15 is 0 Å². The van der Waals surface area contributed by atoms with Crippen LogP contribution < -0.4 is 10.6 Å². The molecule has 1 amide bonds. The summed E-state index contributed by atoms with van der Waals surface area (Å²) in [5.41, 5.74) is -0.179. The molecule has 1 fully saturated rings. The summed E-state index contributed by atoms with van der Waals surface area (Å²) >= 11 is 1.70. The number of carbonyl (C=O) groups excluding carboxylic acids is 1. The van der Waals surface area contributed by atoms with Crippen molar-refractivity contribution in [2.75, 3.05) is 27.7 Å². The Morgan fingerprint density at radius 1 is 1.44 bits per heavy atom. The highest BCUT2D eigenvalue weighted by Crippen LogP contribution is 2.51. The lowest BCUT2D eigenvalue weighted by Gasteiger charge is -2.59. The lowest BCUT2D eigenvalue weighted by molar-refractivity contribution is -0.176. The molecular formula is C18H30N4O2S. The Labute approximate surface area is 154 Å². The first kappa shape index (κ1) is 19.7. The Hall–Kier alpha value is -1.60. The molecule has 0 aliphatic heterocycles. The highest BCUT2D eigenvalue weighted by molar-refractivity contribution is 7.09. The standard InChI is InChI=1S/C18H30N4O2S/c1-17(2)14(10-18(17,3)24-6)21-16(20-12-15(23)22(4)5)19-11-13-8-7-9-25-13/h7-9,14H,10-12H2,1-6H3,(H2,19,20,21). The van der Waals surface area contributed by atoms with Gasteiger partial charge in [0.1, 0.15) is 6.54 Å². The fraction of sp³-hybridized carbons (Fsp3) is 0.667. The average molecular weight is 367 g/mol. The Kier molecular flexibility index (Phi) is 6.11. The van der Waals surface area contributed by atoms with Gasteiger partial charge in [-0.25, -0.2) is 4.99 Å². The summed E-state index contributed by atoms with van der Waals surface area (Å²) < 4.78 is 5.69. The van der Waals surface area contributed by atoms with Gasteiger partial charge in [0.15, 0.2) is 5.96 Å². The third-order valence-corrected chi connectivity index (χ3v) is 6.35. The molecule has 1 aromatic heterocycles. The monoisotopic (exact) mass is 366 g/mol. The number of hydrogen-bond donors (Lipinski definition) is 2. The van der Waals surface area contributed by atoms with Crippen LogP contribution in [0.15, 0.2) is 22.5 Å². The highest BCUT2D eigenvalue weighted by Gasteiger charge is 2.58. The Balaban J connectivity index is 2.04. The number of methoxy groups -OCH3 is 1. The maximum absolute atomic E-state index is 11.9. The third-order valence-electron chi connectivity index (χ3n) is 5.47. The van der Waals surface area contributed by atoms with Crippen molar-refractivity contribution in [3.8, 4) is 0 Å². The lowest BCUT2D eigenvalue weighted by atomic mass is 9.56. The summed E-state index contributed by atoms with van der Waals surface area (Å²) in [6, 6.07) is 4.34. The zero-order valence-electron chi connectivity index (χ0n) is 16.0. The minimum absolute atomic E-state index is 0.0215. The van der Waals surface area contributed by atoms with Crippen LogP contribution in [0.5, 0.6) is 0 Å². The van der Waals surface area contributed by atoms with Crippen molar-refractivity contribution in [2.24, 2.45) is 10.4 Å². The topological polar surface area (TPSA) is 66.0 Å². The number of amides is 1. The predicted octanol–water partition coefficient (Wildman–Crippen LogP) is 2.08. The van der Waals surface area contributed by atoms with Crippen LogP contribution in [0.3, 0.4) is 0 Å². The number of carbonyl (C=O) groups is 1. The minimum Gasteiger partial charge on any atom is -0.378 e. The molecular weight excluding hydrogens is 336 g/mol. The average Bonchev–Trinajstić information content (AvgIpc) is 3.09. The van der Waals surface area contributed by atoms with E-state index in [0.717, 1.165) is 6.42 Å². The molecule has 2 N–H and O–H groups in total. The summed E-state index contributed by atoms with van der Waals surface area (Å²) in [6.45, 7) is 7.34. The molecule has 7 heteroatoms. The van der Waals surface area contributed by atoms with Crippen molar-refractivity contribution in [1.82, 2.24) is 15.5 Å². The number of guanidine groups is 1. The smallest absolute Gasteiger partial charge is 0.243 e. The molecule has 140 valence electrons. The molecule has 0 saturated heterocycles. The van der Waals surface area contributed by atoms with Gasteiger partial charge in [-0.3, -0.25) is 4.79 Å². The van der Waals surface area contributed by atoms with Crippen molar-refractivity contribution < 1.29 is 9.53 Å². The zero-order valence-corrected chi connectivity index (χ0v) is 16.9. The van der Waals surface area contributed by atoms with Crippen molar-refractivity contribution in [1.29, 1.82) is 0 Å². The summed E-state index contributed by atoms with van der Waals surface area (Å²) in [4.78, 5) is 19.1. The quantitative estimate of drug-likeness (QED) is 0.598. The number of thiophene rings is 1. The van der Waals surface area contributed by atoms with E-state index < -0.39 is 0 Å². The van der Waals surface area contributed by atoms with Gasteiger partial charge >= 0.3 is 0 Å². The molecule has 1 aliphatic rings. The van der Waals surface area contributed by atoms with Crippen molar-refractivity contribution in [3.63, 3.8) is 0 Å². The second-order valence-electron chi connectivity index (χ2n) is 7.44. The van der Waals surface area contributed by atoms with E-state index in [2.05, 4.69) is 47.8 Å². The highest BCUT2D eigenvalue weighted by atomic mass is 32.1. The van der Waals surface area contributed by atoms with Crippen LogP contribution in [-0.2, 0) is 16.1 Å². The van der Waals surface area contributed by atoms with Crippen LogP contribution in [-0.4, -0.2) is 56.2 Å². The second kappa shape index (κ2) is 7.74. The normalized spacial score (nSPS) is 25.2. The van der Waals surface area contributed by atoms with Crippen LogP contribution in [0.1, 0.15) is 32.1 Å². The van der Waals surface area contributed by atoms with Gasteiger partial charge in [-0.05, 0) is 24.8 Å². The molecule has 2 unspecified atom stereocenters. The van der Waals surface area contributed by atoms with Gasteiger partial charge in [-0.15, -0.1) is 11.3 Å². The van der Waals surface area contributed by atoms with Gasteiger partial charge in [-0.2, -0.15) is 0 Å². The van der Waals surface area contributed by atoms with E-state index in [-0.39, 0.29) is 29.5 Å². The Bertz CT molecular complexity index is 613. The first-order valence-electron chi connectivity index (χ1n) is 8.52. The van der Waals surface area contributed by atoms with E-state index in [1.54, 1.807) is 37.4 Å². The molecule has 6 nitrogen and oxygen atoms in total. The van der Waals surface area contributed by atoms with E-state index in [1.165, 1.54) is 4.88 Å². The van der Waals surface area contributed by atoms with Gasteiger partial charge in [0.05, 0.1) is 12.1 Å². The molecule has 0 bridgehead atoms. The minimum atomic E-state index is -0.150. The van der Waals surface area contributed by atoms with Crippen molar-refractivity contribution >= 4 is 23.2 Å². The predicted molar refractivity (Wildman–Crippen MR) is 103 cm³/mol. The van der Waals surface area contributed by atoms with E-state index in [1.807, 2.05) is 6.07 Å². The number of rotatable bonds is 6. The third kappa shape index (κ3) is 4.33. The van der Waals surface area contributed by atoms with Gasteiger partial charge in [-0.1, -0.05) is 19.9 Å². The molecule has 25 heavy (non-hydrogen) atoms. The molecule has 1 aromatic rings. The molecule has 0 aromatic carbocycles. The first-order chi connectivity index (χ1) is 11.7. The lowest BCUT2D eigenvalue weighted by Crippen LogP contribution is -2.69. The number of nitrogens with one attached hydrogen (secondary N) is 2. The van der Waals surface area contributed by atoms with Crippen LogP contribution in [0.25, 0.3) is 0 Å². The van der Waals surface area contributed by atoms with E-state index in [0.29, 0.717) is 12.5 Å². The molecule has 1 aliphatic carbocycles. The van der Waals surface area contributed by atoms with E-state index in [4.69, 9.17) is 4.74 Å². The SMILES string of the molecule is COC1(C)CC(NC(=NCC(=O)N(C)C)NCc2cccs2)C1(C)C. The summed E-state index contributed by atoms with van der Waals surface area (Å²) in [6.07, 6.45) is 0.901. The van der Waals surface area contributed by atoms with Crippen LogP contribution >= 0.6 is 11.3 Å². The summed E-state index contributed by atoms with van der Waals surface area (Å²) in [5.74, 6) is 0.645. The van der Waals surface area contributed by atoms with Gasteiger partial charge < -0.3 is 20.3 Å². The largest absolute Gasteiger partial charge is 0.378 e. The van der Waals surface area contributed by atoms with Crippen molar-refractivity contribution in [2.45, 2.75) is 45.4 Å². The van der Waals surface area contributed by atoms with Gasteiger partial charge in [0, 0.05) is 37.5 Å². The molecule has 1 saturated carbocycles. The van der Waals surface area contributed by atoms with Crippen LogP contribution in [0.2, 0.25) is 0 Å². The van der Waals surface area contributed by atoms with Crippen LogP contribution in [0, 0.1) is 5.41 Å². The fourth-order valence-electron chi connectivity index (χ4n) is 2.91. The first-order valence-corrected chi connectivity index (χ1v) is 9.40. The van der Waals surface area contributed by atoms with Gasteiger partial charge in [0.2, 0.25) is 5.91 Å². The van der Waals surface area contributed by atoms with Crippen molar-refractivity contribution in [3.05, 3.63) is 22.4 Å². The molecule has 1 heterocycles. The maximum atomic E-state index is 11.9. The summed E-state index contributed by atoms with van der Waals surface area (Å²) in [7, 11) is 5.24. The molecule has 0 spiro atoms. The molecule has 0 radical (unpaired) electrons. The number of ether oxygens (including phenoxy) is 1. The number of likely N-dealkylation sites (N-methyl/N-ethyl adjacent to an activating group) is 1. The van der Waals surface area contributed by atoms with E-state index in [9.17, 15) is 4.79 Å². The Morgan fingerprint density at radius 3 is 2.68 bits per heavy atom. The second-order valence-corrected chi connectivity index (χ2v) is 8.48. The van der Waals surface area contributed by atoms with Crippen LogP contribution in [0.4, 0.5) is 0 Å². The maximum Gasteiger partial charge on any atom is 0.243 e. The fourth-order valence-corrected chi connectivity index (χ4v) is 3.56. The zero-order chi connectivity index (χ0) is 18.7. The summed E-state index contributed by atoms with van der Waals surface area (Å²) in [5, 5.41) is 8.87. The number of hydrogen-bond acceptors (Lipinski definition) is 4. The molecule has 2 rings (SSSR count). The number of nitrogens with zero attached hydrogens (tertiary/aromatic N) is 2. The number of aliphatic imine (C=N–C) groups is 1. The van der Waals surface area contributed by atoms with Gasteiger partial charge in [0.25, 0.3) is 0 Å².